The van der Waals surface area contributed by atoms with E-state index in [0.29, 0.717) is 32.5 Å². The summed E-state index contributed by atoms with van der Waals surface area (Å²) < 4.78 is 7.09. The predicted octanol–water partition coefficient (Wildman–Crippen LogP) is 3.29. The van der Waals surface area contributed by atoms with Gasteiger partial charge in [-0.1, -0.05) is 18.2 Å². The molecule has 4 atom stereocenters. The minimum atomic E-state index is -0.385. The number of aromatic nitrogens is 1. The van der Waals surface area contributed by atoms with E-state index in [1.165, 1.54) is 0 Å². The molecule has 3 aliphatic heterocycles. The number of nitrogens with one attached hydrogen (secondary N) is 1. The van der Waals surface area contributed by atoms with Gasteiger partial charge in [0.2, 0.25) is 5.91 Å². The first-order valence-corrected chi connectivity index (χ1v) is 13.1. The zero-order valence-corrected chi connectivity index (χ0v) is 21.2. The van der Waals surface area contributed by atoms with Crippen LogP contribution in [0.2, 0.25) is 0 Å². The van der Waals surface area contributed by atoms with Crippen molar-refractivity contribution in [2.45, 2.75) is 37.8 Å². The van der Waals surface area contributed by atoms with Crippen LogP contribution in [0.15, 0.2) is 65.5 Å². The van der Waals surface area contributed by atoms with Gasteiger partial charge in [-0.05, 0) is 60.6 Å². The number of nitro groups is 1. The predicted molar refractivity (Wildman–Crippen MR) is 143 cm³/mol. The fourth-order valence-electron chi connectivity index (χ4n) is 6.71. The molecule has 0 saturated carbocycles. The summed E-state index contributed by atoms with van der Waals surface area (Å²) in [6.45, 7) is 1.74. The summed E-state index contributed by atoms with van der Waals surface area (Å²) in [7, 11) is 1.63. The van der Waals surface area contributed by atoms with E-state index in [1.54, 1.807) is 25.3 Å². The third-order valence-electron chi connectivity index (χ3n) is 8.41. The van der Waals surface area contributed by atoms with Crippen molar-refractivity contribution in [2.24, 2.45) is 11.8 Å². The van der Waals surface area contributed by atoms with Crippen molar-refractivity contribution in [1.82, 2.24) is 9.88 Å². The highest BCUT2D eigenvalue weighted by Crippen LogP contribution is 2.47. The smallest absolute Gasteiger partial charge is 0.269 e. The Morgan fingerprint density at radius 1 is 1.13 bits per heavy atom. The summed E-state index contributed by atoms with van der Waals surface area (Å²) >= 11 is 0. The van der Waals surface area contributed by atoms with Crippen LogP contribution in [-0.4, -0.2) is 41.6 Å². The number of fused-ring (bicyclic) bond motifs is 8. The van der Waals surface area contributed by atoms with E-state index in [2.05, 4.69) is 10.2 Å². The van der Waals surface area contributed by atoms with Gasteiger partial charge < -0.3 is 19.5 Å². The number of non-ortho nitro benzene ring substituents is 1. The Morgan fingerprint density at radius 2 is 1.95 bits per heavy atom. The highest BCUT2D eigenvalue weighted by molar-refractivity contribution is 5.82. The maximum absolute atomic E-state index is 13.7. The van der Waals surface area contributed by atoms with E-state index in [-0.39, 0.29) is 45.9 Å². The van der Waals surface area contributed by atoms with Crippen LogP contribution in [0.25, 0.3) is 0 Å². The van der Waals surface area contributed by atoms with Gasteiger partial charge in [0.15, 0.2) is 0 Å². The summed E-state index contributed by atoms with van der Waals surface area (Å²) in [6.07, 6.45) is 2.04. The standard InChI is InChI=1S/C29H30N4O5/c1-38-23-8-5-18(6-9-23)11-12-30-29(35)24-15-19-14-22(33(36)37)7-10-26(19)32-16-20-13-21(28(24)32)17-31-25(20)3-2-4-27(31)34/h2-10,14,20-21,24,28H,11-13,15-17H2,1H3,(H,30,35)/t20?,21?,24-,28?/m1/s1. The Labute approximate surface area is 220 Å². The van der Waals surface area contributed by atoms with Gasteiger partial charge in [-0.25, -0.2) is 0 Å². The quantitative estimate of drug-likeness (QED) is 0.400. The Kier molecular flexibility index (Phi) is 6.13. The van der Waals surface area contributed by atoms with Crippen LogP contribution in [0.5, 0.6) is 5.75 Å². The van der Waals surface area contributed by atoms with E-state index in [4.69, 9.17) is 4.74 Å². The number of nitrogens with zero attached hydrogens (tertiary/aromatic N) is 3. The lowest BCUT2D eigenvalue weighted by atomic mass is 9.70. The van der Waals surface area contributed by atoms with Crippen molar-refractivity contribution in [1.29, 1.82) is 0 Å². The first-order chi connectivity index (χ1) is 18.4. The fraction of sp³-hybridized carbons (Fsp3) is 0.379. The molecule has 9 heteroatoms. The van der Waals surface area contributed by atoms with Gasteiger partial charge in [-0.15, -0.1) is 0 Å². The Hall–Kier alpha value is -4.14. The van der Waals surface area contributed by atoms with Crippen molar-refractivity contribution in [3.8, 4) is 5.75 Å². The molecule has 1 aromatic heterocycles. The monoisotopic (exact) mass is 514 g/mol. The van der Waals surface area contributed by atoms with Crippen molar-refractivity contribution in [2.75, 3.05) is 25.1 Å². The molecule has 1 saturated heterocycles. The third kappa shape index (κ3) is 4.21. The minimum absolute atomic E-state index is 0.00187. The van der Waals surface area contributed by atoms with Crippen molar-refractivity contribution in [3.63, 3.8) is 0 Å². The zero-order chi connectivity index (χ0) is 26.4. The summed E-state index contributed by atoms with van der Waals surface area (Å²) in [4.78, 5) is 39.8. The second kappa shape index (κ2) is 9.63. The number of anilines is 1. The SMILES string of the molecule is COc1ccc(CCNC(=O)[C@@H]2Cc3cc([N+](=O)[O-])ccc3N3CC4CC(Cn5c4cccc5=O)C23)cc1. The van der Waals surface area contributed by atoms with Crippen LogP contribution in [0.4, 0.5) is 11.4 Å². The highest BCUT2D eigenvalue weighted by atomic mass is 16.6. The number of carbonyl (C=O) groups is 1. The number of ether oxygens (including phenoxy) is 1. The molecule has 9 nitrogen and oxygen atoms in total. The number of nitro benzene ring substituents is 1. The Morgan fingerprint density at radius 3 is 2.71 bits per heavy atom. The number of rotatable bonds is 6. The average Bonchev–Trinajstić information content (AvgIpc) is 2.93. The van der Waals surface area contributed by atoms with Crippen LogP contribution in [0, 0.1) is 22.0 Å². The number of amides is 1. The molecule has 1 N–H and O–H groups in total. The Balaban J connectivity index is 1.29. The molecule has 38 heavy (non-hydrogen) atoms. The molecular weight excluding hydrogens is 484 g/mol. The van der Waals surface area contributed by atoms with E-state index < -0.39 is 0 Å². The average molecular weight is 515 g/mol. The molecule has 1 amide bonds. The molecule has 3 aliphatic rings. The van der Waals surface area contributed by atoms with E-state index in [0.717, 1.165) is 34.7 Å². The second-order valence-electron chi connectivity index (χ2n) is 10.5. The molecule has 0 spiro atoms. The van der Waals surface area contributed by atoms with Crippen LogP contribution in [-0.2, 0) is 24.2 Å². The van der Waals surface area contributed by atoms with Gasteiger partial charge in [-0.3, -0.25) is 19.7 Å². The molecule has 3 aromatic rings. The largest absolute Gasteiger partial charge is 0.497 e. The lowest BCUT2D eigenvalue weighted by Gasteiger charge is -2.54. The van der Waals surface area contributed by atoms with Gasteiger partial charge in [0.25, 0.3) is 11.2 Å². The highest BCUT2D eigenvalue weighted by Gasteiger charge is 2.49. The summed E-state index contributed by atoms with van der Waals surface area (Å²) in [5, 5.41) is 14.6. The topological polar surface area (TPSA) is 107 Å². The normalized spacial score (nSPS) is 23.0. The fourth-order valence-corrected chi connectivity index (χ4v) is 6.71. The maximum Gasteiger partial charge on any atom is 0.269 e. The molecular formula is C29H30N4O5. The summed E-state index contributed by atoms with van der Waals surface area (Å²) in [5.74, 6) is 0.667. The van der Waals surface area contributed by atoms with Gasteiger partial charge in [-0.2, -0.15) is 0 Å². The second-order valence-corrected chi connectivity index (χ2v) is 10.5. The van der Waals surface area contributed by atoms with Crippen molar-refractivity contribution < 1.29 is 14.5 Å². The molecule has 2 aromatic carbocycles. The molecule has 4 heterocycles. The summed E-state index contributed by atoms with van der Waals surface area (Å²) in [6, 6.07) is 18.1. The van der Waals surface area contributed by atoms with Crippen LogP contribution in [0.1, 0.15) is 29.2 Å². The van der Waals surface area contributed by atoms with Crippen LogP contribution in [0.3, 0.4) is 0 Å². The minimum Gasteiger partial charge on any atom is -0.497 e. The van der Waals surface area contributed by atoms with Gasteiger partial charge in [0.1, 0.15) is 5.75 Å². The summed E-state index contributed by atoms with van der Waals surface area (Å²) in [5.41, 5.74) is 3.95. The molecule has 1 fully saturated rings. The van der Waals surface area contributed by atoms with E-state index >= 15 is 0 Å². The number of hydrogen-bond donors (Lipinski definition) is 1. The van der Waals surface area contributed by atoms with Gasteiger partial charge >= 0.3 is 0 Å². The number of piperidine rings is 1. The zero-order valence-electron chi connectivity index (χ0n) is 21.2. The van der Waals surface area contributed by atoms with Crippen molar-refractivity contribution >= 4 is 17.3 Å². The first kappa shape index (κ1) is 24.2. The molecule has 2 bridgehead atoms. The number of benzene rings is 2. The van der Waals surface area contributed by atoms with Crippen molar-refractivity contribution in [3.05, 3.63) is 98.0 Å². The van der Waals surface area contributed by atoms with E-state index in [1.807, 2.05) is 47.0 Å². The lowest BCUT2D eigenvalue weighted by molar-refractivity contribution is -0.384. The first-order valence-electron chi connectivity index (χ1n) is 13.1. The molecule has 0 radical (unpaired) electrons. The number of pyridine rings is 1. The molecule has 3 unspecified atom stereocenters. The van der Waals surface area contributed by atoms with Crippen LogP contribution >= 0.6 is 0 Å². The number of hydrogen-bond acceptors (Lipinski definition) is 6. The van der Waals surface area contributed by atoms with Crippen LogP contribution < -0.4 is 20.5 Å². The molecule has 6 rings (SSSR count). The third-order valence-corrected chi connectivity index (χ3v) is 8.41. The lowest BCUT2D eigenvalue weighted by Crippen LogP contribution is -2.61. The number of carbonyl (C=O) groups excluding carboxylic acids is 1. The van der Waals surface area contributed by atoms with Gasteiger partial charge in [0, 0.05) is 61.2 Å². The Bertz CT molecular complexity index is 1450. The maximum atomic E-state index is 13.7. The molecule has 0 aliphatic carbocycles. The number of methoxy groups -OCH3 is 1. The van der Waals surface area contributed by atoms with Gasteiger partial charge in [0.05, 0.1) is 18.0 Å². The van der Waals surface area contributed by atoms with E-state index in [9.17, 15) is 19.7 Å². The molecule has 196 valence electrons.